The predicted octanol–water partition coefficient (Wildman–Crippen LogP) is 12.6. The molecule has 0 nitrogen and oxygen atoms in total. The van der Waals surface area contributed by atoms with Crippen molar-refractivity contribution in [2.24, 2.45) is 0 Å². The summed E-state index contributed by atoms with van der Waals surface area (Å²) >= 11 is -3.14. The average Bonchev–Trinajstić information content (AvgIpc) is 3.84. The summed E-state index contributed by atoms with van der Waals surface area (Å²) in [6.07, 6.45) is 9.47. The molecule has 54 heavy (non-hydrogen) atoms. The molecule has 4 aromatic carbocycles. The number of fused-ring (bicyclic) bond motifs is 3. The van der Waals surface area contributed by atoms with Gasteiger partial charge < -0.3 is 0 Å². The van der Waals surface area contributed by atoms with Crippen LogP contribution in [0.2, 0.25) is 36.3 Å². The first-order valence-corrected chi connectivity index (χ1v) is 32.0. The van der Waals surface area contributed by atoms with Gasteiger partial charge in [-0.15, -0.1) is 0 Å². The van der Waals surface area contributed by atoms with Gasteiger partial charge in [0.15, 0.2) is 0 Å². The van der Waals surface area contributed by atoms with E-state index in [9.17, 15) is 0 Å². The van der Waals surface area contributed by atoms with Crippen molar-refractivity contribution >= 4 is 33.1 Å². The van der Waals surface area contributed by atoms with E-state index in [2.05, 4.69) is 180 Å². The summed E-state index contributed by atoms with van der Waals surface area (Å²) in [5.74, 6) is 0. The molecular weight excluding hydrogens is 847 g/mol. The van der Waals surface area contributed by atoms with Gasteiger partial charge in [0, 0.05) is 0 Å². The standard InChI is InChI=1S/C25H38Si2.C21H25.C5H5.Hf/c1-7-26(8-2,9-3)24-17-13-22(14-18-24)21-23-15-19-25(20-16-23)27(10-4,11-5)12-6;1-20(2,3)16-7-9-18-14(12-16)11-15-13-17(21(4,5)6)8-10-19(15)18;1-2-4-5-3-1;/h13-20H,7-12H2,1-6H3;7-10,12H,11H2,1-6H3;1-3H,4H2;. The van der Waals surface area contributed by atoms with Crippen LogP contribution in [0.5, 0.6) is 0 Å². The first kappa shape index (κ1) is 41.2. The molecule has 6 rings (SSSR count). The second-order valence-electron chi connectivity index (χ2n) is 18.5. The Morgan fingerprint density at radius 1 is 0.593 bits per heavy atom. The molecule has 0 saturated heterocycles. The van der Waals surface area contributed by atoms with Crippen molar-refractivity contribution in [3.05, 3.63) is 134 Å². The van der Waals surface area contributed by atoms with Crippen LogP contribution >= 0.6 is 0 Å². The van der Waals surface area contributed by atoms with Crippen molar-refractivity contribution < 1.29 is 21.0 Å². The fraction of sp³-hybridized carbons (Fsp3) is 0.431. The predicted molar refractivity (Wildman–Crippen MR) is 243 cm³/mol. The summed E-state index contributed by atoms with van der Waals surface area (Å²) in [6.45, 7) is 29.1. The number of hydrogen-bond donors (Lipinski definition) is 0. The number of hydrogen-bond acceptors (Lipinski definition) is 0. The van der Waals surface area contributed by atoms with Gasteiger partial charge in [-0.1, -0.05) is 0 Å². The summed E-state index contributed by atoms with van der Waals surface area (Å²) in [7, 11) is -3.00. The Morgan fingerprint density at radius 3 is 1.52 bits per heavy atom. The Balaban J connectivity index is 1.70. The van der Waals surface area contributed by atoms with Crippen LogP contribution in [0.15, 0.2) is 100 Å². The molecule has 0 aromatic heterocycles. The SMILES string of the molecule is CC[Si](CC)(CC)c1ccc([C](c2ccc([Si](CC)(CC)CC)cc2)=[Hf]([C]2=CC=CC2)[c]2c(C(C)(C)C)ccc3c2Cc2cc(C(C)(C)C)ccc2-3)cc1. The van der Waals surface area contributed by atoms with E-state index in [1.54, 1.807) is 31.4 Å². The number of allylic oxidation sites excluding steroid dienone is 4. The molecule has 0 radical (unpaired) electrons. The molecule has 0 amide bonds. The van der Waals surface area contributed by atoms with Gasteiger partial charge in [-0.25, -0.2) is 0 Å². The van der Waals surface area contributed by atoms with Crippen LogP contribution < -0.4 is 13.7 Å². The van der Waals surface area contributed by atoms with Crippen molar-refractivity contribution in [3.8, 4) is 11.1 Å². The molecule has 0 fully saturated rings. The topological polar surface area (TPSA) is 0 Å². The third-order valence-corrected chi connectivity index (χ3v) is 36.6. The zero-order valence-corrected chi connectivity index (χ0v) is 41.5. The fourth-order valence-corrected chi connectivity index (χ4v) is 30.2. The summed E-state index contributed by atoms with van der Waals surface area (Å²) in [5.41, 5.74) is 12.2. The molecule has 0 saturated carbocycles. The zero-order chi connectivity index (χ0) is 39.1. The molecule has 0 atom stereocenters. The average molecular weight is 916 g/mol. The van der Waals surface area contributed by atoms with Crippen LogP contribution in [0.3, 0.4) is 0 Å². The second-order valence-corrected chi connectivity index (χ2v) is 37.6. The Bertz CT molecular complexity index is 1990. The summed E-state index contributed by atoms with van der Waals surface area (Å²) in [5, 5.41) is 3.29. The quantitative estimate of drug-likeness (QED) is 0.109. The minimum atomic E-state index is -3.14. The third-order valence-electron chi connectivity index (χ3n) is 14.0. The van der Waals surface area contributed by atoms with Gasteiger partial charge in [0.05, 0.1) is 0 Å². The zero-order valence-electron chi connectivity index (χ0n) is 35.9. The molecule has 284 valence electrons. The second kappa shape index (κ2) is 16.2. The Morgan fingerprint density at radius 2 is 1.09 bits per heavy atom. The van der Waals surface area contributed by atoms with Gasteiger partial charge in [-0.05, 0) is 0 Å². The van der Waals surface area contributed by atoms with E-state index in [0.29, 0.717) is 0 Å². The van der Waals surface area contributed by atoms with Crippen molar-refractivity contribution in [1.82, 2.24) is 0 Å². The van der Waals surface area contributed by atoms with E-state index in [-0.39, 0.29) is 10.8 Å². The van der Waals surface area contributed by atoms with E-state index in [1.807, 2.05) is 0 Å². The minimum absolute atomic E-state index is 0.0419. The van der Waals surface area contributed by atoms with Gasteiger partial charge in [0.2, 0.25) is 0 Å². The van der Waals surface area contributed by atoms with E-state index >= 15 is 0 Å². The van der Waals surface area contributed by atoms with E-state index < -0.39 is 37.1 Å². The molecule has 4 aromatic rings. The van der Waals surface area contributed by atoms with Gasteiger partial charge in [-0.3, -0.25) is 0 Å². The van der Waals surface area contributed by atoms with Crippen LogP contribution in [-0.4, -0.2) is 19.4 Å². The van der Waals surface area contributed by atoms with E-state index in [1.165, 1.54) is 69.6 Å². The van der Waals surface area contributed by atoms with E-state index in [0.717, 1.165) is 12.8 Å². The molecule has 3 heteroatoms. The molecule has 0 spiro atoms. The first-order valence-electron chi connectivity index (χ1n) is 21.3. The molecule has 0 bridgehead atoms. The van der Waals surface area contributed by atoms with Crippen molar-refractivity contribution in [2.45, 2.75) is 143 Å². The molecule has 0 aliphatic heterocycles. The van der Waals surface area contributed by atoms with Gasteiger partial charge >= 0.3 is 342 Å². The maximum absolute atomic E-state index is 3.14. The van der Waals surface area contributed by atoms with Crippen molar-refractivity contribution in [3.63, 3.8) is 0 Å². The van der Waals surface area contributed by atoms with Gasteiger partial charge in [0.25, 0.3) is 0 Å². The Kier molecular flexibility index (Phi) is 12.3. The summed E-state index contributed by atoms with van der Waals surface area (Å²) in [4.78, 5) is 0. The summed E-state index contributed by atoms with van der Waals surface area (Å²) in [6, 6.07) is 40.9. The number of rotatable bonds is 12. The number of benzene rings is 4. The fourth-order valence-electron chi connectivity index (χ4n) is 9.89. The van der Waals surface area contributed by atoms with Crippen LogP contribution in [0.25, 0.3) is 11.1 Å². The Hall–Kier alpha value is -2.47. The molecule has 2 aliphatic rings. The van der Waals surface area contributed by atoms with Crippen LogP contribution in [0.1, 0.15) is 123 Å². The summed E-state index contributed by atoms with van der Waals surface area (Å²) < 4.78 is 5.18. The van der Waals surface area contributed by atoms with Crippen molar-refractivity contribution in [1.29, 1.82) is 0 Å². The normalized spacial score (nSPS) is 14.3. The van der Waals surface area contributed by atoms with Crippen LogP contribution in [0, 0.1) is 0 Å². The molecule has 0 unspecified atom stereocenters. The molecule has 0 N–H and O–H groups in total. The monoisotopic (exact) mass is 916 g/mol. The first-order chi connectivity index (χ1) is 25.7. The van der Waals surface area contributed by atoms with Gasteiger partial charge in [-0.2, -0.15) is 0 Å². The maximum atomic E-state index is 2.57. The molecule has 2 aliphatic carbocycles. The van der Waals surface area contributed by atoms with Gasteiger partial charge in [0.1, 0.15) is 0 Å². The molecule has 0 heterocycles. The van der Waals surface area contributed by atoms with Crippen LogP contribution in [-0.2, 0) is 38.2 Å². The Labute approximate surface area is 339 Å². The molecular formula is C51H68HfSi2. The van der Waals surface area contributed by atoms with E-state index in [4.69, 9.17) is 0 Å². The van der Waals surface area contributed by atoms with Crippen LogP contribution in [0.4, 0.5) is 0 Å². The van der Waals surface area contributed by atoms with Crippen molar-refractivity contribution in [2.75, 3.05) is 0 Å². The third kappa shape index (κ3) is 7.52.